The van der Waals surface area contributed by atoms with E-state index in [0.717, 1.165) is 24.7 Å². The van der Waals surface area contributed by atoms with E-state index in [-0.39, 0.29) is 0 Å². The maximum absolute atomic E-state index is 5.76. The monoisotopic (exact) mass is 226 g/mol. The molecule has 84 valence electrons. The van der Waals surface area contributed by atoms with Crippen LogP contribution in [0.4, 0.5) is 0 Å². The minimum Gasteiger partial charge on any atom is -0.311 e. The van der Waals surface area contributed by atoms with E-state index in [9.17, 15) is 0 Å². The third kappa shape index (κ3) is 4.63. The number of rotatable bonds is 6. The fourth-order valence-electron chi connectivity index (χ4n) is 1.49. The summed E-state index contributed by atoms with van der Waals surface area (Å²) in [5, 5.41) is 4.11. The summed E-state index contributed by atoms with van der Waals surface area (Å²) in [6.45, 7) is 6.36. The molecule has 0 unspecified atom stereocenters. The van der Waals surface area contributed by atoms with Crippen molar-refractivity contribution < 1.29 is 0 Å². The minimum absolute atomic E-state index is 0.693. The van der Waals surface area contributed by atoms with Gasteiger partial charge in [-0.1, -0.05) is 38.3 Å². The quantitative estimate of drug-likeness (QED) is 0.806. The highest BCUT2D eigenvalue weighted by atomic mass is 35.5. The number of halogens is 1. The van der Waals surface area contributed by atoms with Crippen molar-refractivity contribution in [1.82, 2.24) is 10.3 Å². The Bertz CT molecular complexity index is 267. The predicted molar refractivity (Wildman–Crippen MR) is 65.0 cm³/mol. The average Bonchev–Trinajstić information content (AvgIpc) is 2.27. The summed E-state index contributed by atoms with van der Waals surface area (Å²) in [5.74, 6) is 0.775. The molecule has 2 nitrogen and oxygen atoms in total. The number of hydrogen-bond donors (Lipinski definition) is 1. The van der Waals surface area contributed by atoms with Gasteiger partial charge >= 0.3 is 0 Å². The average molecular weight is 227 g/mol. The van der Waals surface area contributed by atoms with Crippen LogP contribution in [0.3, 0.4) is 0 Å². The SMILES string of the molecule is CCC(CC)CNCc1ccc(Cl)cn1. The van der Waals surface area contributed by atoms with Gasteiger partial charge in [0, 0.05) is 12.7 Å². The van der Waals surface area contributed by atoms with Crippen LogP contribution in [0.25, 0.3) is 0 Å². The molecular formula is C12H19ClN2. The van der Waals surface area contributed by atoms with E-state index in [2.05, 4.69) is 24.1 Å². The highest BCUT2D eigenvalue weighted by Gasteiger charge is 2.02. The molecule has 1 heterocycles. The van der Waals surface area contributed by atoms with E-state index < -0.39 is 0 Å². The first-order valence-electron chi connectivity index (χ1n) is 5.57. The molecule has 1 rings (SSSR count). The van der Waals surface area contributed by atoms with E-state index in [1.807, 2.05) is 12.1 Å². The lowest BCUT2D eigenvalue weighted by atomic mass is 10.0. The van der Waals surface area contributed by atoms with Crippen LogP contribution in [0.1, 0.15) is 32.4 Å². The summed E-state index contributed by atoms with van der Waals surface area (Å²) in [4.78, 5) is 4.23. The molecule has 1 aromatic rings. The van der Waals surface area contributed by atoms with Crippen molar-refractivity contribution in [2.24, 2.45) is 5.92 Å². The van der Waals surface area contributed by atoms with Crippen LogP contribution in [-0.4, -0.2) is 11.5 Å². The van der Waals surface area contributed by atoms with Crippen LogP contribution in [0.15, 0.2) is 18.3 Å². The summed E-state index contributed by atoms with van der Waals surface area (Å²) in [6, 6.07) is 3.84. The van der Waals surface area contributed by atoms with E-state index in [1.165, 1.54) is 12.8 Å². The first-order chi connectivity index (χ1) is 7.26. The number of pyridine rings is 1. The fraction of sp³-hybridized carbons (Fsp3) is 0.583. The third-order valence-electron chi connectivity index (χ3n) is 2.68. The first-order valence-corrected chi connectivity index (χ1v) is 5.95. The number of nitrogens with zero attached hydrogens (tertiary/aromatic N) is 1. The van der Waals surface area contributed by atoms with E-state index in [4.69, 9.17) is 11.6 Å². The Hall–Kier alpha value is -0.600. The van der Waals surface area contributed by atoms with Crippen molar-refractivity contribution in [2.45, 2.75) is 33.2 Å². The molecule has 0 aliphatic carbocycles. The molecule has 0 bridgehead atoms. The Morgan fingerprint density at radius 3 is 2.60 bits per heavy atom. The smallest absolute Gasteiger partial charge is 0.0589 e. The lowest BCUT2D eigenvalue weighted by molar-refractivity contribution is 0.448. The predicted octanol–water partition coefficient (Wildman–Crippen LogP) is 3.26. The van der Waals surface area contributed by atoms with Crippen molar-refractivity contribution in [3.8, 4) is 0 Å². The van der Waals surface area contributed by atoms with Gasteiger partial charge in [0.05, 0.1) is 10.7 Å². The number of aromatic nitrogens is 1. The highest BCUT2D eigenvalue weighted by molar-refractivity contribution is 6.30. The normalized spacial score (nSPS) is 10.9. The molecule has 0 atom stereocenters. The van der Waals surface area contributed by atoms with Gasteiger partial charge in [0.15, 0.2) is 0 Å². The van der Waals surface area contributed by atoms with Gasteiger partial charge < -0.3 is 5.32 Å². The van der Waals surface area contributed by atoms with Gasteiger partial charge in [-0.15, -0.1) is 0 Å². The molecule has 0 fully saturated rings. The molecule has 1 N–H and O–H groups in total. The summed E-state index contributed by atoms with van der Waals surface area (Å²) in [7, 11) is 0. The highest BCUT2D eigenvalue weighted by Crippen LogP contribution is 2.07. The lowest BCUT2D eigenvalue weighted by Gasteiger charge is -2.12. The zero-order valence-corrected chi connectivity index (χ0v) is 10.2. The number of hydrogen-bond acceptors (Lipinski definition) is 2. The molecule has 0 radical (unpaired) electrons. The van der Waals surface area contributed by atoms with Crippen LogP contribution >= 0.6 is 11.6 Å². The zero-order chi connectivity index (χ0) is 11.1. The van der Waals surface area contributed by atoms with Crippen molar-refractivity contribution in [2.75, 3.05) is 6.54 Å². The van der Waals surface area contributed by atoms with Gasteiger partial charge in [0.2, 0.25) is 0 Å². The van der Waals surface area contributed by atoms with Crippen LogP contribution in [0.2, 0.25) is 5.02 Å². The van der Waals surface area contributed by atoms with Gasteiger partial charge in [-0.2, -0.15) is 0 Å². The van der Waals surface area contributed by atoms with Crippen LogP contribution < -0.4 is 5.32 Å². The van der Waals surface area contributed by atoms with Gasteiger partial charge in [0.25, 0.3) is 0 Å². The summed E-state index contributed by atoms with van der Waals surface area (Å²) >= 11 is 5.76. The summed E-state index contributed by atoms with van der Waals surface area (Å²) in [5.41, 5.74) is 1.05. The molecule has 0 aromatic carbocycles. The Balaban J connectivity index is 2.28. The third-order valence-corrected chi connectivity index (χ3v) is 2.91. The standard InChI is InChI=1S/C12H19ClN2/c1-3-10(4-2)7-14-9-12-6-5-11(13)8-15-12/h5-6,8,10,14H,3-4,7,9H2,1-2H3. The Morgan fingerprint density at radius 1 is 1.33 bits per heavy atom. The van der Waals surface area contributed by atoms with Crippen molar-refractivity contribution >= 4 is 11.6 Å². The Labute approximate surface area is 97.1 Å². The van der Waals surface area contributed by atoms with Gasteiger partial charge in [-0.25, -0.2) is 0 Å². The minimum atomic E-state index is 0.693. The van der Waals surface area contributed by atoms with Crippen molar-refractivity contribution in [3.63, 3.8) is 0 Å². The number of nitrogens with one attached hydrogen (secondary N) is 1. The maximum Gasteiger partial charge on any atom is 0.0589 e. The molecule has 0 saturated heterocycles. The Morgan fingerprint density at radius 2 is 2.07 bits per heavy atom. The Kier molecular flexibility index (Phi) is 5.66. The maximum atomic E-state index is 5.76. The fourth-order valence-corrected chi connectivity index (χ4v) is 1.60. The summed E-state index contributed by atoms with van der Waals surface area (Å²) < 4.78 is 0. The second-order valence-corrected chi connectivity index (χ2v) is 4.22. The molecule has 0 amide bonds. The van der Waals surface area contributed by atoms with Crippen molar-refractivity contribution in [3.05, 3.63) is 29.0 Å². The van der Waals surface area contributed by atoms with Crippen LogP contribution in [0.5, 0.6) is 0 Å². The van der Waals surface area contributed by atoms with Crippen LogP contribution in [-0.2, 0) is 6.54 Å². The van der Waals surface area contributed by atoms with E-state index in [1.54, 1.807) is 6.20 Å². The topological polar surface area (TPSA) is 24.9 Å². The zero-order valence-electron chi connectivity index (χ0n) is 9.46. The second kappa shape index (κ2) is 6.81. The first kappa shape index (κ1) is 12.5. The largest absolute Gasteiger partial charge is 0.311 e. The van der Waals surface area contributed by atoms with Gasteiger partial charge in [0.1, 0.15) is 0 Å². The van der Waals surface area contributed by atoms with E-state index >= 15 is 0 Å². The molecule has 0 spiro atoms. The molecule has 0 saturated carbocycles. The van der Waals surface area contributed by atoms with E-state index in [0.29, 0.717) is 5.02 Å². The molecule has 15 heavy (non-hydrogen) atoms. The van der Waals surface area contributed by atoms with Gasteiger partial charge in [-0.3, -0.25) is 4.98 Å². The second-order valence-electron chi connectivity index (χ2n) is 3.78. The molecular weight excluding hydrogens is 208 g/mol. The van der Waals surface area contributed by atoms with Crippen LogP contribution in [0, 0.1) is 5.92 Å². The van der Waals surface area contributed by atoms with Gasteiger partial charge in [-0.05, 0) is 24.6 Å². The molecule has 3 heteroatoms. The molecule has 0 aliphatic heterocycles. The lowest BCUT2D eigenvalue weighted by Crippen LogP contribution is -2.22. The van der Waals surface area contributed by atoms with Crippen molar-refractivity contribution in [1.29, 1.82) is 0 Å². The molecule has 0 aliphatic rings. The molecule has 1 aromatic heterocycles. The summed E-state index contributed by atoms with van der Waals surface area (Å²) in [6.07, 6.45) is 4.16.